The number of hydrogen-bond acceptors (Lipinski definition) is 4. The average Bonchev–Trinajstić information content (AvgIpc) is 2.61. The number of carbonyl (C=O) groups is 2. The summed E-state index contributed by atoms with van der Waals surface area (Å²) >= 11 is 0. The molecule has 1 heterocycles. The van der Waals surface area contributed by atoms with E-state index in [1.807, 2.05) is 0 Å². The summed E-state index contributed by atoms with van der Waals surface area (Å²) in [7, 11) is 1.53. The van der Waals surface area contributed by atoms with Crippen molar-refractivity contribution in [2.45, 2.75) is 6.42 Å². The van der Waals surface area contributed by atoms with Gasteiger partial charge in [-0.3, -0.25) is 14.4 Å². The van der Waals surface area contributed by atoms with Gasteiger partial charge < -0.3 is 20.1 Å². The number of aliphatic carboxylic acids is 1. The minimum atomic E-state index is -0.952. The second kappa shape index (κ2) is 6.72. The molecule has 0 saturated carbocycles. The Morgan fingerprint density at radius 1 is 1.08 bits per heavy atom. The number of aromatic hydroxyl groups is 1. The van der Waals surface area contributed by atoms with Crippen LogP contribution in [0.15, 0.2) is 53.3 Å². The van der Waals surface area contributed by atoms with Crippen molar-refractivity contribution < 1.29 is 19.8 Å². The quantitative estimate of drug-likeness (QED) is 0.666. The van der Waals surface area contributed by atoms with Crippen molar-refractivity contribution in [1.82, 2.24) is 4.57 Å². The van der Waals surface area contributed by atoms with Gasteiger partial charge in [-0.2, -0.15) is 0 Å². The molecule has 0 fully saturated rings. The largest absolute Gasteiger partial charge is 0.506 e. The van der Waals surface area contributed by atoms with Crippen LogP contribution in [-0.2, 0) is 18.3 Å². The number of pyridine rings is 1. The molecule has 0 bridgehead atoms. The van der Waals surface area contributed by atoms with Crippen molar-refractivity contribution in [2.24, 2.45) is 7.05 Å². The molecule has 7 nitrogen and oxygen atoms in total. The van der Waals surface area contributed by atoms with Gasteiger partial charge in [-0.1, -0.05) is 24.3 Å². The maximum Gasteiger partial charge on any atom is 0.307 e. The van der Waals surface area contributed by atoms with Crippen LogP contribution in [0, 0.1) is 0 Å². The Hall–Kier alpha value is -3.61. The molecule has 1 aromatic heterocycles. The molecule has 2 aromatic carbocycles. The molecule has 0 radical (unpaired) electrons. The van der Waals surface area contributed by atoms with E-state index < -0.39 is 17.4 Å². The summed E-state index contributed by atoms with van der Waals surface area (Å²) in [5.41, 5.74) is 0.533. The molecule has 0 aliphatic carbocycles. The van der Waals surface area contributed by atoms with Gasteiger partial charge in [0.15, 0.2) is 0 Å². The second-order valence-corrected chi connectivity index (χ2v) is 5.83. The SMILES string of the molecule is Cn1c(=O)c(C(=O)Nc2ccc(CC(=O)O)cc2)c(O)c2ccccc21. The molecule has 0 spiro atoms. The molecule has 0 saturated heterocycles. The highest BCUT2D eigenvalue weighted by molar-refractivity contribution is 6.09. The fraction of sp³-hybridized carbons (Fsp3) is 0.105. The van der Waals surface area contributed by atoms with Gasteiger partial charge in [-0.25, -0.2) is 0 Å². The van der Waals surface area contributed by atoms with Crippen LogP contribution in [0.1, 0.15) is 15.9 Å². The van der Waals surface area contributed by atoms with Crippen LogP contribution < -0.4 is 10.9 Å². The molecule has 7 heteroatoms. The van der Waals surface area contributed by atoms with Crippen molar-refractivity contribution in [1.29, 1.82) is 0 Å². The number of fused-ring (bicyclic) bond motifs is 1. The van der Waals surface area contributed by atoms with Crippen LogP contribution in [0.2, 0.25) is 0 Å². The van der Waals surface area contributed by atoms with Crippen LogP contribution >= 0.6 is 0 Å². The number of nitrogens with zero attached hydrogens (tertiary/aromatic N) is 1. The lowest BCUT2D eigenvalue weighted by atomic mass is 10.1. The van der Waals surface area contributed by atoms with Crippen LogP contribution in [-0.4, -0.2) is 26.7 Å². The minimum Gasteiger partial charge on any atom is -0.506 e. The molecule has 132 valence electrons. The Morgan fingerprint density at radius 2 is 1.73 bits per heavy atom. The number of carboxylic acids is 1. The number of amides is 1. The standard InChI is InChI=1S/C19H16N2O5/c1-21-14-5-3-2-4-13(14)17(24)16(19(21)26)18(25)20-12-8-6-11(7-9-12)10-15(22)23/h2-9,24H,10H2,1H3,(H,20,25)(H,22,23). The van der Waals surface area contributed by atoms with E-state index in [-0.39, 0.29) is 17.7 Å². The first kappa shape index (κ1) is 17.2. The first-order chi connectivity index (χ1) is 12.4. The van der Waals surface area contributed by atoms with Gasteiger partial charge in [-0.05, 0) is 29.8 Å². The first-order valence-electron chi connectivity index (χ1n) is 7.81. The number of aryl methyl sites for hydroxylation is 1. The monoisotopic (exact) mass is 352 g/mol. The minimum absolute atomic E-state index is 0.125. The molecular weight excluding hydrogens is 336 g/mol. The summed E-state index contributed by atoms with van der Waals surface area (Å²) < 4.78 is 1.31. The van der Waals surface area contributed by atoms with Crippen LogP contribution in [0.25, 0.3) is 10.9 Å². The molecule has 0 aliphatic heterocycles. The zero-order valence-corrected chi connectivity index (χ0v) is 13.9. The van der Waals surface area contributed by atoms with E-state index in [4.69, 9.17) is 5.11 Å². The average molecular weight is 352 g/mol. The predicted octanol–water partition coefficient (Wildman–Crippen LogP) is 2.12. The number of hydrogen-bond donors (Lipinski definition) is 3. The van der Waals surface area contributed by atoms with E-state index in [1.165, 1.54) is 11.6 Å². The Morgan fingerprint density at radius 3 is 2.38 bits per heavy atom. The molecule has 3 rings (SSSR count). The number of rotatable bonds is 4. The third-order valence-electron chi connectivity index (χ3n) is 4.07. The van der Waals surface area contributed by atoms with E-state index in [9.17, 15) is 19.5 Å². The van der Waals surface area contributed by atoms with Crippen molar-refractivity contribution in [2.75, 3.05) is 5.32 Å². The molecular formula is C19H16N2O5. The summed E-state index contributed by atoms with van der Waals surface area (Å²) in [6.45, 7) is 0. The lowest BCUT2D eigenvalue weighted by Crippen LogP contribution is -2.28. The molecule has 0 atom stereocenters. The second-order valence-electron chi connectivity index (χ2n) is 5.83. The van der Waals surface area contributed by atoms with Crippen LogP contribution in [0.3, 0.4) is 0 Å². The smallest absolute Gasteiger partial charge is 0.307 e. The highest BCUT2D eigenvalue weighted by atomic mass is 16.4. The van der Waals surface area contributed by atoms with Gasteiger partial charge >= 0.3 is 5.97 Å². The number of benzene rings is 2. The Kier molecular flexibility index (Phi) is 4.45. The highest BCUT2D eigenvalue weighted by Crippen LogP contribution is 2.26. The van der Waals surface area contributed by atoms with Gasteiger partial charge in [0.1, 0.15) is 11.3 Å². The van der Waals surface area contributed by atoms with E-state index in [2.05, 4.69) is 5.32 Å². The zero-order valence-electron chi connectivity index (χ0n) is 13.9. The van der Waals surface area contributed by atoms with Gasteiger partial charge in [0, 0.05) is 18.1 Å². The van der Waals surface area contributed by atoms with Crippen LogP contribution in [0.5, 0.6) is 5.75 Å². The number of para-hydroxylation sites is 1. The Labute approximate surface area is 148 Å². The topological polar surface area (TPSA) is 109 Å². The third-order valence-corrected chi connectivity index (χ3v) is 4.07. The number of carbonyl (C=O) groups excluding carboxylic acids is 1. The fourth-order valence-electron chi connectivity index (χ4n) is 2.76. The van der Waals surface area contributed by atoms with Gasteiger partial charge in [-0.15, -0.1) is 0 Å². The third kappa shape index (κ3) is 3.14. The number of anilines is 1. The summed E-state index contributed by atoms with van der Waals surface area (Å²) in [5.74, 6) is -2.06. The fourth-order valence-corrected chi connectivity index (χ4v) is 2.76. The Bertz CT molecular complexity index is 1070. The van der Waals surface area contributed by atoms with Crippen molar-refractivity contribution in [3.8, 4) is 5.75 Å². The van der Waals surface area contributed by atoms with Crippen molar-refractivity contribution >= 4 is 28.5 Å². The zero-order chi connectivity index (χ0) is 18.8. The van der Waals surface area contributed by atoms with Gasteiger partial charge in [0.2, 0.25) is 0 Å². The van der Waals surface area contributed by atoms with Crippen LogP contribution in [0.4, 0.5) is 5.69 Å². The number of carboxylic acid groups (broad SMARTS) is 1. The van der Waals surface area contributed by atoms with Crippen molar-refractivity contribution in [3.63, 3.8) is 0 Å². The maximum absolute atomic E-state index is 12.5. The summed E-state index contributed by atoms with van der Waals surface area (Å²) in [6.07, 6.45) is -0.125. The summed E-state index contributed by atoms with van der Waals surface area (Å²) in [4.78, 5) is 35.7. The molecule has 1 amide bonds. The first-order valence-corrected chi connectivity index (χ1v) is 7.81. The molecule has 3 N–H and O–H groups in total. The molecule has 0 unspecified atom stereocenters. The lowest BCUT2D eigenvalue weighted by Gasteiger charge is -2.12. The molecule has 26 heavy (non-hydrogen) atoms. The Balaban J connectivity index is 1.95. The van der Waals surface area contributed by atoms with E-state index in [0.717, 1.165) is 0 Å². The highest BCUT2D eigenvalue weighted by Gasteiger charge is 2.21. The lowest BCUT2D eigenvalue weighted by molar-refractivity contribution is -0.136. The van der Waals surface area contributed by atoms with E-state index in [0.29, 0.717) is 22.2 Å². The van der Waals surface area contributed by atoms with Gasteiger partial charge in [0.05, 0.1) is 11.9 Å². The number of aromatic nitrogens is 1. The summed E-state index contributed by atoms with van der Waals surface area (Å²) in [5, 5.41) is 22.1. The molecule has 3 aromatic rings. The van der Waals surface area contributed by atoms with Gasteiger partial charge in [0.25, 0.3) is 11.5 Å². The maximum atomic E-state index is 12.5. The van der Waals surface area contributed by atoms with E-state index in [1.54, 1.807) is 48.5 Å². The van der Waals surface area contributed by atoms with Crippen molar-refractivity contribution in [3.05, 3.63) is 70.0 Å². The molecule has 0 aliphatic rings. The van der Waals surface area contributed by atoms with E-state index >= 15 is 0 Å². The normalized spacial score (nSPS) is 10.7. The summed E-state index contributed by atoms with van der Waals surface area (Å²) in [6, 6.07) is 13.0. The number of nitrogens with one attached hydrogen (secondary N) is 1. The predicted molar refractivity (Wildman–Crippen MR) is 96.6 cm³/mol.